The van der Waals surface area contributed by atoms with Crippen LogP contribution in [0.5, 0.6) is 5.75 Å². The molecule has 0 bridgehead atoms. The Hall–Kier alpha value is -1.02. The molecule has 1 unspecified atom stereocenters. The third kappa shape index (κ3) is 4.69. The standard InChI is InChI=1S/C16H27NO/c1-12(9-10-17-16(3,4)5)15-8-7-14(18-6)11-13(15)2/h7-8,11-12,17H,9-10H2,1-6H3. The lowest BCUT2D eigenvalue weighted by Crippen LogP contribution is -2.36. The Labute approximate surface area is 112 Å². The van der Waals surface area contributed by atoms with E-state index in [1.54, 1.807) is 7.11 Å². The summed E-state index contributed by atoms with van der Waals surface area (Å²) in [4.78, 5) is 0. The fourth-order valence-electron chi connectivity index (χ4n) is 2.15. The zero-order valence-electron chi connectivity index (χ0n) is 12.6. The molecule has 1 rings (SSSR count). The molecule has 0 amide bonds. The Kier molecular flexibility index (Phi) is 5.21. The van der Waals surface area contributed by atoms with Crippen LogP contribution >= 0.6 is 0 Å². The molecule has 2 nitrogen and oxygen atoms in total. The van der Waals surface area contributed by atoms with Crippen molar-refractivity contribution in [3.05, 3.63) is 29.3 Å². The fraction of sp³-hybridized carbons (Fsp3) is 0.625. The smallest absolute Gasteiger partial charge is 0.119 e. The Morgan fingerprint density at radius 3 is 2.44 bits per heavy atom. The van der Waals surface area contributed by atoms with Crippen molar-refractivity contribution < 1.29 is 4.74 Å². The minimum absolute atomic E-state index is 0.203. The third-order valence-corrected chi connectivity index (χ3v) is 3.24. The van der Waals surface area contributed by atoms with Gasteiger partial charge in [-0.25, -0.2) is 0 Å². The molecule has 0 aliphatic rings. The normalized spacial score (nSPS) is 13.4. The summed E-state index contributed by atoms with van der Waals surface area (Å²) in [5.74, 6) is 1.52. The van der Waals surface area contributed by atoms with Gasteiger partial charge in [0, 0.05) is 5.54 Å². The highest BCUT2D eigenvalue weighted by Crippen LogP contribution is 2.25. The van der Waals surface area contributed by atoms with Gasteiger partial charge in [0.25, 0.3) is 0 Å². The summed E-state index contributed by atoms with van der Waals surface area (Å²) in [6, 6.07) is 6.36. The van der Waals surface area contributed by atoms with Gasteiger partial charge in [0.1, 0.15) is 5.75 Å². The summed E-state index contributed by atoms with van der Waals surface area (Å²) in [5.41, 5.74) is 2.94. The van der Waals surface area contributed by atoms with Crippen molar-refractivity contribution in [3.63, 3.8) is 0 Å². The van der Waals surface area contributed by atoms with Crippen molar-refractivity contribution >= 4 is 0 Å². The summed E-state index contributed by atoms with van der Waals surface area (Å²) in [6.45, 7) is 12.1. The van der Waals surface area contributed by atoms with Crippen LogP contribution in [0.15, 0.2) is 18.2 Å². The van der Waals surface area contributed by atoms with Gasteiger partial charge in [0.2, 0.25) is 0 Å². The van der Waals surface area contributed by atoms with E-state index in [1.807, 2.05) is 0 Å². The lowest BCUT2D eigenvalue weighted by Gasteiger charge is -2.22. The van der Waals surface area contributed by atoms with E-state index < -0.39 is 0 Å². The highest BCUT2D eigenvalue weighted by Gasteiger charge is 2.12. The van der Waals surface area contributed by atoms with Gasteiger partial charge < -0.3 is 10.1 Å². The molecule has 0 fully saturated rings. The van der Waals surface area contributed by atoms with Gasteiger partial charge in [-0.3, -0.25) is 0 Å². The van der Waals surface area contributed by atoms with Gasteiger partial charge in [0.05, 0.1) is 7.11 Å². The van der Waals surface area contributed by atoms with Gasteiger partial charge in [0.15, 0.2) is 0 Å². The summed E-state index contributed by atoms with van der Waals surface area (Å²) in [6.07, 6.45) is 1.16. The molecule has 1 atom stereocenters. The molecule has 0 aliphatic heterocycles. The number of aryl methyl sites for hydroxylation is 1. The van der Waals surface area contributed by atoms with E-state index in [4.69, 9.17) is 4.74 Å². The first-order chi connectivity index (χ1) is 8.33. The van der Waals surface area contributed by atoms with Gasteiger partial charge in [-0.2, -0.15) is 0 Å². The van der Waals surface area contributed by atoms with E-state index in [2.05, 4.69) is 58.1 Å². The quantitative estimate of drug-likeness (QED) is 0.855. The minimum atomic E-state index is 0.203. The van der Waals surface area contributed by atoms with E-state index >= 15 is 0 Å². The number of nitrogens with one attached hydrogen (secondary N) is 1. The second-order valence-electron chi connectivity index (χ2n) is 6.09. The highest BCUT2D eigenvalue weighted by molar-refractivity contribution is 5.36. The lowest BCUT2D eigenvalue weighted by atomic mass is 9.93. The van der Waals surface area contributed by atoms with Crippen molar-refractivity contribution in [2.75, 3.05) is 13.7 Å². The SMILES string of the molecule is COc1ccc(C(C)CCNC(C)(C)C)c(C)c1. The van der Waals surface area contributed by atoms with Crippen LogP contribution in [0.2, 0.25) is 0 Å². The molecule has 0 spiro atoms. The van der Waals surface area contributed by atoms with Crippen LogP contribution in [0.4, 0.5) is 0 Å². The first-order valence-corrected chi connectivity index (χ1v) is 6.73. The van der Waals surface area contributed by atoms with Crippen molar-refractivity contribution in [3.8, 4) is 5.75 Å². The lowest BCUT2D eigenvalue weighted by molar-refractivity contribution is 0.411. The molecule has 102 valence electrons. The molecule has 18 heavy (non-hydrogen) atoms. The van der Waals surface area contributed by atoms with Crippen LogP contribution in [0.1, 0.15) is 51.2 Å². The van der Waals surface area contributed by atoms with Gasteiger partial charge in [-0.1, -0.05) is 13.0 Å². The molecule has 1 aromatic carbocycles. The first-order valence-electron chi connectivity index (χ1n) is 6.73. The topological polar surface area (TPSA) is 21.3 Å². The first kappa shape index (κ1) is 15.0. The summed E-state index contributed by atoms with van der Waals surface area (Å²) < 4.78 is 5.24. The number of hydrogen-bond donors (Lipinski definition) is 1. The molecule has 0 aromatic heterocycles. The second-order valence-corrected chi connectivity index (χ2v) is 6.09. The number of benzene rings is 1. The van der Waals surface area contributed by atoms with E-state index in [-0.39, 0.29) is 5.54 Å². The molecule has 0 saturated carbocycles. The molecular weight excluding hydrogens is 222 g/mol. The average molecular weight is 249 g/mol. The predicted octanol–water partition coefficient (Wildman–Crippen LogP) is 3.89. The maximum atomic E-state index is 5.24. The van der Waals surface area contributed by atoms with Crippen LogP contribution in [-0.2, 0) is 0 Å². The molecule has 0 radical (unpaired) electrons. The zero-order chi connectivity index (χ0) is 13.8. The maximum absolute atomic E-state index is 5.24. The van der Waals surface area contributed by atoms with Gasteiger partial charge in [-0.05, 0) is 69.8 Å². The number of rotatable bonds is 5. The second kappa shape index (κ2) is 6.24. The molecule has 1 aromatic rings. The Bertz CT molecular complexity index is 379. The van der Waals surface area contributed by atoms with Crippen molar-refractivity contribution in [1.82, 2.24) is 5.32 Å². The Morgan fingerprint density at radius 1 is 1.28 bits per heavy atom. The molecule has 2 heteroatoms. The summed E-state index contributed by atoms with van der Waals surface area (Å²) in [7, 11) is 1.71. The number of methoxy groups -OCH3 is 1. The molecule has 0 aliphatic carbocycles. The average Bonchev–Trinajstić information content (AvgIpc) is 2.26. The van der Waals surface area contributed by atoms with E-state index in [1.165, 1.54) is 11.1 Å². The highest BCUT2D eigenvalue weighted by atomic mass is 16.5. The van der Waals surface area contributed by atoms with E-state index in [9.17, 15) is 0 Å². The monoisotopic (exact) mass is 249 g/mol. The fourth-order valence-corrected chi connectivity index (χ4v) is 2.15. The van der Waals surface area contributed by atoms with Crippen LogP contribution in [0.3, 0.4) is 0 Å². The minimum Gasteiger partial charge on any atom is -0.497 e. The van der Waals surface area contributed by atoms with Crippen LogP contribution in [-0.4, -0.2) is 19.2 Å². The summed E-state index contributed by atoms with van der Waals surface area (Å²) >= 11 is 0. The van der Waals surface area contributed by atoms with Crippen molar-refractivity contribution in [2.45, 2.75) is 52.5 Å². The van der Waals surface area contributed by atoms with Crippen molar-refractivity contribution in [1.29, 1.82) is 0 Å². The van der Waals surface area contributed by atoms with Gasteiger partial charge in [-0.15, -0.1) is 0 Å². The van der Waals surface area contributed by atoms with Crippen LogP contribution < -0.4 is 10.1 Å². The molecule has 0 heterocycles. The van der Waals surface area contributed by atoms with E-state index in [0.29, 0.717) is 5.92 Å². The zero-order valence-corrected chi connectivity index (χ0v) is 12.6. The molecule has 0 saturated heterocycles. The molecule has 1 N–H and O–H groups in total. The Balaban J connectivity index is 2.59. The predicted molar refractivity (Wildman–Crippen MR) is 78.5 cm³/mol. The number of ether oxygens (including phenoxy) is 1. The van der Waals surface area contributed by atoms with Gasteiger partial charge >= 0.3 is 0 Å². The van der Waals surface area contributed by atoms with Crippen LogP contribution in [0, 0.1) is 6.92 Å². The molecular formula is C16H27NO. The summed E-state index contributed by atoms with van der Waals surface area (Å²) in [5, 5.41) is 3.54. The maximum Gasteiger partial charge on any atom is 0.119 e. The largest absolute Gasteiger partial charge is 0.497 e. The Morgan fingerprint density at radius 2 is 1.94 bits per heavy atom. The van der Waals surface area contributed by atoms with Crippen molar-refractivity contribution in [2.24, 2.45) is 0 Å². The van der Waals surface area contributed by atoms with Crippen LogP contribution in [0.25, 0.3) is 0 Å². The third-order valence-electron chi connectivity index (χ3n) is 3.24. The number of hydrogen-bond acceptors (Lipinski definition) is 2. The van der Waals surface area contributed by atoms with E-state index in [0.717, 1.165) is 18.7 Å².